The van der Waals surface area contributed by atoms with Gasteiger partial charge < -0.3 is 20.3 Å². The highest BCUT2D eigenvalue weighted by molar-refractivity contribution is 5.82. The van der Waals surface area contributed by atoms with Gasteiger partial charge in [0.2, 0.25) is 5.91 Å². The fourth-order valence-electron chi connectivity index (χ4n) is 4.21. The highest BCUT2D eigenvalue weighted by Gasteiger charge is 2.36. The predicted molar refractivity (Wildman–Crippen MR) is 104 cm³/mol. The molecular formula is C21H31N3O3. The third-order valence-electron chi connectivity index (χ3n) is 5.93. The van der Waals surface area contributed by atoms with Crippen molar-refractivity contribution >= 4 is 11.8 Å². The molecular weight excluding hydrogens is 342 g/mol. The lowest BCUT2D eigenvalue weighted by Gasteiger charge is -2.37. The van der Waals surface area contributed by atoms with Crippen molar-refractivity contribution in [2.75, 3.05) is 32.7 Å². The minimum absolute atomic E-state index is 0.0222. The summed E-state index contributed by atoms with van der Waals surface area (Å²) in [6.45, 7) is 6.65. The first-order chi connectivity index (χ1) is 13.0. The Hall–Kier alpha value is -2.08. The molecule has 0 bridgehead atoms. The number of aryl methyl sites for hydroxylation is 1. The number of ether oxygens (including phenoxy) is 1. The molecule has 1 aromatic carbocycles. The average molecular weight is 373 g/mol. The van der Waals surface area contributed by atoms with Crippen LogP contribution >= 0.6 is 0 Å². The summed E-state index contributed by atoms with van der Waals surface area (Å²) in [6, 6.07) is 7.70. The molecule has 0 spiro atoms. The molecule has 0 aromatic heterocycles. The van der Waals surface area contributed by atoms with Gasteiger partial charge >= 0.3 is 0 Å². The first-order valence-electron chi connectivity index (χ1n) is 10.0. The zero-order chi connectivity index (χ0) is 19.4. The molecule has 2 aliphatic rings. The molecule has 1 saturated carbocycles. The fraction of sp³-hybridized carbons (Fsp3) is 0.619. The molecule has 6 heteroatoms. The van der Waals surface area contributed by atoms with Crippen LogP contribution in [0.15, 0.2) is 24.3 Å². The smallest absolute Gasteiger partial charge is 0.263 e. The number of nitrogens with two attached hydrogens (primary N) is 1. The van der Waals surface area contributed by atoms with E-state index in [0.29, 0.717) is 38.6 Å². The molecule has 2 amide bonds. The second kappa shape index (κ2) is 8.74. The molecule has 6 nitrogen and oxygen atoms in total. The minimum Gasteiger partial charge on any atom is -0.481 e. The Morgan fingerprint density at radius 3 is 2.48 bits per heavy atom. The fourth-order valence-corrected chi connectivity index (χ4v) is 4.21. The van der Waals surface area contributed by atoms with E-state index in [1.165, 1.54) is 0 Å². The van der Waals surface area contributed by atoms with Crippen molar-refractivity contribution in [2.24, 2.45) is 17.6 Å². The van der Waals surface area contributed by atoms with Crippen molar-refractivity contribution in [1.82, 2.24) is 9.80 Å². The number of nitrogens with zero attached hydrogens (tertiary/aromatic N) is 2. The second-order valence-electron chi connectivity index (χ2n) is 7.71. The zero-order valence-electron chi connectivity index (χ0n) is 16.4. The Kier molecular flexibility index (Phi) is 6.37. The Labute approximate surface area is 161 Å². The van der Waals surface area contributed by atoms with E-state index in [2.05, 4.69) is 0 Å². The SMILES string of the molecule is Cc1ccccc1OC(C)C(=O)N1CCN(C(=O)[C@@H]2CCC[C@@H]2CN)CC1. The van der Waals surface area contributed by atoms with Crippen LogP contribution in [-0.2, 0) is 9.59 Å². The molecule has 2 N–H and O–H groups in total. The van der Waals surface area contributed by atoms with Crippen LogP contribution in [0.5, 0.6) is 5.75 Å². The Morgan fingerprint density at radius 1 is 1.15 bits per heavy atom. The van der Waals surface area contributed by atoms with Gasteiger partial charge in [0.1, 0.15) is 5.75 Å². The van der Waals surface area contributed by atoms with Gasteiger partial charge in [0.25, 0.3) is 5.91 Å². The van der Waals surface area contributed by atoms with Gasteiger partial charge in [0.05, 0.1) is 0 Å². The second-order valence-corrected chi connectivity index (χ2v) is 7.71. The van der Waals surface area contributed by atoms with Gasteiger partial charge in [-0.3, -0.25) is 9.59 Å². The molecule has 1 aliphatic carbocycles. The number of para-hydroxylation sites is 1. The van der Waals surface area contributed by atoms with Crippen LogP contribution in [-0.4, -0.2) is 60.4 Å². The van der Waals surface area contributed by atoms with Gasteiger partial charge in [-0.25, -0.2) is 0 Å². The Balaban J connectivity index is 1.51. The number of hydrogen-bond donors (Lipinski definition) is 1. The molecule has 1 aliphatic heterocycles. The van der Waals surface area contributed by atoms with Gasteiger partial charge in [-0.1, -0.05) is 24.6 Å². The van der Waals surface area contributed by atoms with Crippen molar-refractivity contribution in [3.63, 3.8) is 0 Å². The van der Waals surface area contributed by atoms with Gasteiger partial charge in [-0.2, -0.15) is 0 Å². The molecule has 1 saturated heterocycles. The highest BCUT2D eigenvalue weighted by atomic mass is 16.5. The summed E-state index contributed by atoms with van der Waals surface area (Å²) in [5.41, 5.74) is 6.84. The third-order valence-corrected chi connectivity index (χ3v) is 5.93. The lowest BCUT2D eigenvalue weighted by Crippen LogP contribution is -2.54. The topological polar surface area (TPSA) is 75.9 Å². The summed E-state index contributed by atoms with van der Waals surface area (Å²) >= 11 is 0. The van der Waals surface area contributed by atoms with E-state index >= 15 is 0 Å². The van der Waals surface area contributed by atoms with Crippen LogP contribution in [0.3, 0.4) is 0 Å². The number of carbonyl (C=O) groups excluding carboxylic acids is 2. The molecule has 3 atom stereocenters. The molecule has 0 radical (unpaired) electrons. The summed E-state index contributed by atoms with van der Waals surface area (Å²) in [5, 5.41) is 0. The lowest BCUT2D eigenvalue weighted by atomic mass is 9.94. The first-order valence-corrected chi connectivity index (χ1v) is 10.0. The highest BCUT2D eigenvalue weighted by Crippen LogP contribution is 2.32. The van der Waals surface area contributed by atoms with Crippen molar-refractivity contribution in [1.29, 1.82) is 0 Å². The van der Waals surface area contributed by atoms with Crippen LogP contribution in [0.25, 0.3) is 0 Å². The lowest BCUT2D eigenvalue weighted by molar-refractivity contribution is -0.145. The number of amides is 2. The molecule has 3 rings (SSSR count). The predicted octanol–water partition coefficient (Wildman–Crippen LogP) is 1.81. The van der Waals surface area contributed by atoms with Crippen molar-refractivity contribution in [3.05, 3.63) is 29.8 Å². The molecule has 27 heavy (non-hydrogen) atoms. The zero-order valence-corrected chi connectivity index (χ0v) is 16.4. The van der Waals surface area contributed by atoms with Crippen molar-refractivity contribution in [3.8, 4) is 5.75 Å². The maximum Gasteiger partial charge on any atom is 0.263 e. The molecule has 2 fully saturated rings. The van der Waals surface area contributed by atoms with Gasteiger partial charge in [0.15, 0.2) is 6.10 Å². The number of benzene rings is 1. The Morgan fingerprint density at radius 2 is 1.81 bits per heavy atom. The monoisotopic (exact) mass is 373 g/mol. The van der Waals surface area contributed by atoms with Crippen molar-refractivity contribution < 1.29 is 14.3 Å². The van der Waals surface area contributed by atoms with E-state index in [0.717, 1.165) is 30.6 Å². The van der Waals surface area contributed by atoms with Crippen LogP contribution < -0.4 is 10.5 Å². The standard InChI is InChI=1S/C21H31N3O3/c1-15-6-3-4-9-19(15)27-16(2)20(25)23-10-12-24(13-11-23)21(26)18-8-5-7-17(18)14-22/h3-4,6,9,16-18H,5,7-8,10-14,22H2,1-2H3/t16?,17-,18-/m1/s1. The van der Waals surface area contributed by atoms with Gasteiger partial charge in [-0.15, -0.1) is 0 Å². The van der Waals surface area contributed by atoms with Crippen LogP contribution in [0.1, 0.15) is 31.7 Å². The average Bonchev–Trinajstić information content (AvgIpc) is 3.17. The number of piperazine rings is 1. The first kappa shape index (κ1) is 19.7. The minimum atomic E-state index is -0.537. The third kappa shape index (κ3) is 4.43. The number of rotatable bonds is 5. The number of carbonyl (C=O) groups is 2. The molecule has 1 aromatic rings. The summed E-state index contributed by atoms with van der Waals surface area (Å²) in [7, 11) is 0. The quantitative estimate of drug-likeness (QED) is 0.854. The summed E-state index contributed by atoms with van der Waals surface area (Å²) in [5.74, 6) is 1.33. The maximum absolute atomic E-state index is 12.8. The maximum atomic E-state index is 12.8. The number of hydrogen-bond acceptors (Lipinski definition) is 4. The van der Waals surface area contributed by atoms with E-state index in [1.807, 2.05) is 41.0 Å². The van der Waals surface area contributed by atoms with E-state index in [-0.39, 0.29) is 17.7 Å². The Bertz CT molecular complexity index is 670. The van der Waals surface area contributed by atoms with E-state index in [4.69, 9.17) is 10.5 Å². The van der Waals surface area contributed by atoms with E-state index in [9.17, 15) is 9.59 Å². The molecule has 1 unspecified atom stereocenters. The molecule has 1 heterocycles. The van der Waals surface area contributed by atoms with Crippen LogP contribution in [0.4, 0.5) is 0 Å². The summed E-state index contributed by atoms with van der Waals surface area (Å²) in [6.07, 6.45) is 2.55. The van der Waals surface area contributed by atoms with Gasteiger partial charge in [0, 0.05) is 32.1 Å². The largest absolute Gasteiger partial charge is 0.481 e. The van der Waals surface area contributed by atoms with Crippen LogP contribution in [0, 0.1) is 18.8 Å². The van der Waals surface area contributed by atoms with Gasteiger partial charge in [-0.05, 0) is 50.8 Å². The van der Waals surface area contributed by atoms with E-state index in [1.54, 1.807) is 6.92 Å². The van der Waals surface area contributed by atoms with E-state index < -0.39 is 6.10 Å². The van der Waals surface area contributed by atoms with Crippen molar-refractivity contribution in [2.45, 2.75) is 39.2 Å². The normalized spacial score (nSPS) is 24.0. The molecule has 148 valence electrons. The van der Waals surface area contributed by atoms with Crippen LogP contribution in [0.2, 0.25) is 0 Å². The summed E-state index contributed by atoms with van der Waals surface area (Å²) < 4.78 is 5.86. The summed E-state index contributed by atoms with van der Waals surface area (Å²) in [4.78, 5) is 29.2.